The van der Waals surface area contributed by atoms with Gasteiger partial charge in [-0.1, -0.05) is 18.6 Å². The van der Waals surface area contributed by atoms with Crippen LogP contribution >= 0.6 is 0 Å². The Labute approximate surface area is 173 Å². The summed E-state index contributed by atoms with van der Waals surface area (Å²) in [5.74, 6) is 0.160. The van der Waals surface area contributed by atoms with E-state index >= 15 is 0 Å². The normalized spacial score (nSPS) is 14.4. The number of piperidine rings is 1. The van der Waals surface area contributed by atoms with Crippen LogP contribution in [-0.2, 0) is 11.2 Å². The minimum Gasteiger partial charge on any atom is -0.355 e. The molecule has 1 amide bonds. The van der Waals surface area contributed by atoms with Crippen LogP contribution in [0.4, 0.5) is 0 Å². The van der Waals surface area contributed by atoms with Crippen LogP contribution in [0.1, 0.15) is 48.3 Å². The Morgan fingerprint density at radius 3 is 2.66 bits per heavy atom. The monoisotopic (exact) mass is 391 g/mol. The van der Waals surface area contributed by atoms with Gasteiger partial charge in [0.05, 0.1) is 5.69 Å². The number of nitriles is 1. The molecule has 2 heterocycles. The molecule has 0 aliphatic carbocycles. The minimum atomic E-state index is 0.0202. The molecule has 1 aliphatic rings. The van der Waals surface area contributed by atoms with E-state index in [0.29, 0.717) is 19.4 Å². The number of rotatable bonds is 7. The SMILES string of the molecule is Cc1ccc(-c2cc(CCC(=O)NCCN3CCCCC3)nc(C#N)n2)cc1C. The maximum absolute atomic E-state index is 12.2. The zero-order valence-electron chi connectivity index (χ0n) is 17.4. The van der Waals surface area contributed by atoms with Crippen molar-refractivity contribution < 1.29 is 4.79 Å². The van der Waals surface area contributed by atoms with Crippen molar-refractivity contribution in [2.45, 2.75) is 46.0 Å². The third kappa shape index (κ3) is 6.10. The first-order valence-corrected chi connectivity index (χ1v) is 10.4. The summed E-state index contributed by atoms with van der Waals surface area (Å²) in [5.41, 5.74) is 4.79. The maximum atomic E-state index is 12.2. The largest absolute Gasteiger partial charge is 0.355 e. The van der Waals surface area contributed by atoms with Gasteiger partial charge in [-0.3, -0.25) is 4.79 Å². The van der Waals surface area contributed by atoms with Crippen molar-refractivity contribution >= 4 is 5.91 Å². The first-order valence-electron chi connectivity index (χ1n) is 10.4. The van der Waals surface area contributed by atoms with Gasteiger partial charge in [0.2, 0.25) is 11.7 Å². The van der Waals surface area contributed by atoms with Crippen molar-refractivity contribution in [3.63, 3.8) is 0 Å². The van der Waals surface area contributed by atoms with Gasteiger partial charge in [0.15, 0.2) is 0 Å². The van der Waals surface area contributed by atoms with Crippen LogP contribution < -0.4 is 5.32 Å². The predicted molar refractivity (Wildman–Crippen MR) is 113 cm³/mol. The summed E-state index contributed by atoms with van der Waals surface area (Å²) in [7, 11) is 0. The molecule has 0 spiro atoms. The van der Waals surface area contributed by atoms with Gasteiger partial charge in [0.25, 0.3) is 0 Å². The second-order valence-electron chi connectivity index (χ2n) is 7.73. The van der Waals surface area contributed by atoms with Gasteiger partial charge < -0.3 is 10.2 Å². The topological polar surface area (TPSA) is 81.9 Å². The van der Waals surface area contributed by atoms with Gasteiger partial charge in [-0.2, -0.15) is 5.26 Å². The van der Waals surface area contributed by atoms with Crippen molar-refractivity contribution in [2.24, 2.45) is 0 Å². The molecule has 2 aromatic rings. The Bertz CT molecular complexity index is 897. The Hall–Kier alpha value is -2.78. The Morgan fingerprint density at radius 2 is 1.93 bits per heavy atom. The molecule has 1 aliphatic heterocycles. The second kappa shape index (κ2) is 10.1. The van der Waals surface area contributed by atoms with E-state index in [1.165, 1.54) is 30.4 Å². The Balaban J connectivity index is 1.57. The quantitative estimate of drug-likeness (QED) is 0.784. The second-order valence-corrected chi connectivity index (χ2v) is 7.73. The van der Waals surface area contributed by atoms with Crippen LogP contribution in [0.2, 0.25) is 0 Å². The molecular formula is C23H29N5O. The molecule has 1 N–H and O–H groups in total. The number of hydrogen-bond donors (Lipinski definition) is 1. The smallest absolute Gasteiger partial charge is 0.232 e. The summed E-state index contributed by atoms with van der Waals surface area (Å²) in [4.78, 5) is 23.2. The number of nitrogens with one attached hydrogen (secondary N) is 1. The van der Waals surface area contributed by atoms with E-state index in [1.54, 1.807) is 0 Å². The van der Waals surface area contributed by atoms with E-state index in [2.05, 4.69) is 40.1 Å². The van der Waals surface area contributed by atoms with Crippen LogP contribution in [0, 0.1) is 25.2 Å². The highest BCUT2D eigenvalue weighted by atomic mass is 16.1. The van der Waals surface area contributed by atoms with Crippen molar-refractivity contribution in [3.05, 3.63) is 46.9 Å². The number of aromatic nitrogens is 2. The van der Waals surface area contributed by atoms with Crippen LogP contribution in [0.3, 0.4) is 0 Å². The van der Waals surface area contributed by atoms with E-state index in [-0.39, 0.29) is 11.7 Å². The number of carbonyl (C=O) groups is 1. The molecule has 1 aromatic heterocycles. The highest BCUT2D eigenvalue weighted by Gasteiger charge is 2.12. The lowest BCUT2D eigenvalue weighted by atomic mass is 10.0. The zero-order valence-corrected chi connectivity index (χ0v) is 17.4. The van der Waals surface area contributed by atoms with Crippen molar-refractivity contribution in [1.82, 2.24) is 20.2 Å². The van der Waals surface area contributed by atoms with Gasteiger partial charge in [-0.15, -0.1) is 0 Å². The third-order valence-corrected chi connectivity index (χ3v) is 5.49. The van der Waals surface area contributed by atoms with Gasteiger partial charge in [0.1, 0.15) is 6.07 Å². The molecule has 0 saturated carbocycles. The average molecular weight is 392 g/mol. The molecule has 152 valence electrons. The summed E-state index contributed by atoms with van der Waals surface area (Å²) < 4.78 is 0. The summed E-state index contributed by atoms with van der Waals surface area (Å²) in [5, 5.41) is 12.3. The van der Waals surface area contributed by atoms with Crippen molar-refractivity contribution in [1.29, 1.82) is 5.26 Å². The molecule has 0 unspecified atom stereocenters. The van der Waals surface area contributed by atoms with Crippen LogP contribution in [0.15, 0.2) is 24.3 Å². The molecule has 6 heteroatoms. The lowest BCUT2D eigenvalue weighted by Gasteiger charge is -2.26. The number of carbonyl (C=O) groups excluding carboxylic acids is 1. The number of nitrogens with zero attached hydrogens (tertiary/aromatic N) is 4. The van der Waals surface area contributed by atoms with Crippen LogP contribution in [0.25, 0.3) is 11.3 Å². The molecule has 1 fully saturated rings. The number of aryl methyl sites for hydroxylation is 3. The summed E-state index contributed by atoms with van der Waals surface area (Å²) >= 11 is 0. The molecule has 29 heavy (non-hydrogen) atoms. The fraction of sp³-hybridized carbons (Fsp3) is 0.478. The summed E-state index contributed by atoms with van der Waals surface area (Å²) in [6.07, 6.45) is 4.67. The fourth-order valence-electron chi connectivity index (χ4n) is 3.59. The minimum absolute atomic E-state index is 0.0202. The summed E-state index contributed by atoms with van der Waals surface area (Å²) in [6, 6.07) is 10.0. The van der Waals surface area contributed by atoms with E-state index in [0.717, 1.165) is 36.6 Å². The number of benzene rings is 1. The van der Waals surface area contributed by atoms with Gasteiger partial charge in [-0.05, 0) is 69.5 Å². The van der Waals surface area contributed by atoms with Crippen LogP contribution in [-0.4, -0.2) is 47.0 Å². The number of likely N-dealkylation sites (tertiary alicyclic amines) is 1. The first-order chi connectivity index (χ1) is 14.0. The average Bonchev–Trinajstić information content (AvgIpc) is 2.74. The molecule has 0 radical (unpaired) electrons. The standard InChI is InChI=1S/C23H29N5O/c1-17-6-7-19(14-18(17)2)21-15-20(26-22(16-24)27-21)8-9-23(29)25-10-13-28-11-4-3-5-12-28/h6-7,14-15H,3-5,8-13H2,1-2H3,(H,25,29). The number of amides is 1. The number of hydrogen-bond acceptors (Lipinski definition) is 5. The lowest BCUT2D eigenvalue weighted by molar-refractivity contribution is -0.121. The third-order valence-electron chi connectivity index (χ3n) is 5.49. The predicted octanol–water partition coefficient (Wildman–Crippen LogP) is 3.17. The Morgan fingerprint density at radius 1 is 1.14 bits per heavy atom. The molecular weight excluding hydrogens is 362 g/mol. The molecule has 3 rings (SSSR count). The van der Waals surface area contributed by atoms with Gasteiger partial charge in [-0.25, -0.2) is 9.97 Å². The van der Waals surface area contributed by atoms with E-state index < -0.39 is 0 Å². The van der Waals surface area contributed by atoms with Crippen molar-refractivity contribution in [2.75, 3.05) is 26.2 Å². The lowest BCUT2D eigenvalue weighted by Crippen LogP contribution is -2.37. The highest BCUT2D eigenvalue weighted by molar-refractivity contribution is 5.76. The van der Waals surface area contributed by atoms with E-state index in [1.807, 2.05) is 24.3 Å². The fourth-order valence-corrected chi connectivity index (χ4v) is 3.59. The van der Waals surface area contributed by atoms with Gasteiger partial charge >= 0.3 is 0 Å². The van der Waals surface area contributed by atoms with Crippen molar-refractivity contribution in [3.8, 4) is 17.3 Å². The molecule has 1 aromatic carbocycles. The zero-order chi connectivity index (χ0) is 20.6. The molecule has 0 atom stereocenters. The van der Waals surface area contributed by atoms with Crippen LogP contribution in [0.5, 0.6) is 0 Å². The molecule has 6 nitrogen and oxygen atoms in total. The summed E-state index contributed by atoms with van der Waals surface area (Å²) in [6.45, 7) is 7.98. The van der Waals surface area contributed by atoms with E-state index in [9.17, 15) is 10.1 Å². The van der Waals surface area contributed by atoms with E-state index in [4.69, 9.17) is 0 Å². The maximum Gasteiger partial charge on any atom is 0.232 e. The van der Waals surface area contributed by atoms with Gasteiger partial charge in [0, 0.05) is 30.8 Å². The molecule has 1 saturated heterocycles. The Kier molecular flexibility index (Phi) is 7.31. The highest BCUT2D eigenvalue weighted by Crippen LogP contribution is 2.21. The molecule has 0 bridgehead atoms. The first kappa shape index (κ1) is 20.9.